The van der Waals surface area contributed by atoms with Gasteiger partial charge in [0.05, 0.1) is 19.7 Å². The minimum Gasteiger partial charge on any atom is -0.371 e. The zero-order valence-electron chi connectivity index (χ0n) is 13.5. The minimum absolute atomic E-state index is 0.0157. The maximum atomic E-state index is 11.8. The molecule has 3 heterocycles. The van der Waals surface area contributed by atoms with Crippen LogP contribution in [0.25, 0.3) is 0 Å². The molecule has 3 saturated heterocycles. The van der Waals surface area contributed by atoms with Gasteiger partial charge in [-0.3, -0.25) is 4.79 Å². The van der Waals surface area contributed by atoms with Gasteiger partial charge in [0, 0.05) is 13.0 Å². The number of likely N-dealkylation sites (tertiary alicyclic amines) is 2. The first kappa shape index (κ1) is 15.3. The lowest BCUT2D eigenvalue weighted by Crippen LogP contribution is -2.66. The average molecular weight is 294 g/mol. The summed E-state index contributed by atoms with van der Waals surface area (Å²) in [5.74, 6) is 1.01. The molecule has 0 radical (unpaired) electrons. The highest BCUT2D eigenvalue weighted by Crippen LogP contribution is 2.36. The van der Waals surface area contributed by atoms with Gasteiger partial charge < -0.3 is 14.5 Å². The van der Waals surface area contributed by atoms with E-state index in [4.69, 9.17) is 4.74 Å². The third-order valence-corrected chi connectivity index (χ3v) is 5.37. The van der Waals surface area contributed by atoms with Crippen molar-refractivity contribution < 1.29 is 9.53 Å². The van der Waals surface area contributed by atoms with Crippen LogP contribution in [0.15, 0.2) is 0 Å². The molecule has 0 aliphatic carbocycles. The fourth-order valence-electron chi connectivity index (χ4n) is 4.02. The second-order valence-electron chi connectivity index (χ2n) is 7.26. The lowest BCUT2D eigenvalue weighted by molar-refractivity contribution is -0.189. The number of rotatable bonds is 4. The summed E-state index contributed by atoms with van der Waals surface area (Å²) in [5, 5.41) is 0. The van der Waals surface area contributed by atoms with Crippen LogP contribution < -0.4 is 0 Å². The molecule has 0 aromatic heterocycles. The minimum atomic E-state index is 0.0157. The van der Waals surface area contributed by atoms with E-state index in [1.165, 1.54) is 45.3 Å². The summed E-state index contributed by atoms with van der Waals surface area (Å²) in [6, 6.07) is 0. The van der Waals surface area contributed by atoms with Crippen LogP contribution in [0.5, 0.6) is 0 Å². The third-order valence-electron chi connectivity index (χ3n) is 5.37. The molecule has 0 aromatic rings. The summed E-state index contributed by atoms with van der Waals surface area (Å²) in [5.41, 5.74) is 0.0157. The smallest absolute Gasteiger partial charge is 0.222 e. The zero-order valence-corrected chi connectivity index (χ0v) is 13.5. The largest absolute Gasteiger partial charge is 0.371 e. The summed E-state index contributed by atoms with van der Waals surface area (Å²) < 4.78 is 6.19. The summed E-state index contributed by atoms with van der Waals surface area (Å²) in [6.45, 7) is 8.41. The van der Waals surface area contributed by atoms with Crippen LogP contribution in [-0.4, -0.2) is 60.6 Å². The van der Waals surface area contributed by atoms with Crippen molar-refractivity contribution in [1.82, 2.24) is 9.80 Å². The van der Waals surface area contributed by atoms with E-state index >= 15 is 0 Å². The lowest BCUT2D eigenvalue weighted by Gasteiger charge is -2.53. The number of hydrogen-bond donors (Lipinski definition) is 0. The van der Waals surface area contributed by atoms with Gasteiger partial charge in [-0.05, 0) is 51.1 Å². The Balaban J connectivity index is 1.39. The van der Waals surface area contributed by atoms with Gasteiger partial charge in [0.2, 0.25) is 5.91 Å². The Hall–Kier alpha value is -0.610. The van der Waals surface area contributed by atoms with Crippen molar-refractivity contribution in [3.63, 3.8) is 0 Å². The predicted octanol–water partition coefficient (Wildman–Crippen LogP) is 2.28. The molecule has 1 spiro atoms. The van der Waals surface area contributed by atoms with Crippen LogP contribution in [0.1, 0.15) is 51.9 Å². The standard InChI is InChI=1S/C17H30N2O2/c1-2-6-16(20)19-13-17(14-19)8-7-15(12-21-17)11-18-9-4-3-5-10-18/h15H,2-14H2,1H3/t15-/m1/s1. The van der Waals surface area contributed by atoms with Gasteiger partial charge in [0.1, 0.15) is 5.60 Å². The van der Waals surface area contributed by atoms with Crippen molar-refractivity contribution in [2.75, 3.05) is 39.3 Å². The first-order valence-corrected chi connectivity index (χ1v) is 8.85. The van der Waals surface area contributed by atoms with Crippen molar-refractivity contribution in [2.24, 2.45) is 5.92 Å². The van der Waals surface area contributed by atoms with Gasteiger partial charge in [-0.25, -0.2) is 0 Å². The van der Waals surface area contributed by atoms with Crippen LogP contribution in [0.4, 0.5) is 0 Å². The van der Waals surface area contributed by atoms with Crippen molar-refractivity contribution in [1.29, 1.82) is 0 Å². The van der Waals surface area contributed by atoms with Gasteiger partial charge in [-0.15, -0.1) is 0 Å². The zero-order chi connectivity index (χ0) is 14.7. The van der Waals surface area contributed by atoms with Crippen LogP contribution in [0.3, 0.4) is 0 Å². The van der Waals surface area contributed by atoms with Gasteiger partial charge in [-0.1, -0.05) is 13.3 Å². The summed E-state index contributed by atoms with van der Waals surface area (Å²) in [6.07, 6.45) is 8.18. The molecule has 21 heavy (non-hydrogen) atoms. The van der Waals surface area contributed by atoms with Crippen LogP contribution >= 0.6 is 0 Å². The van der Waals surface area contributed by atoms with Crippen molar-refractivity contribution in [2.45, 2.75) is 57.5 Å². The highest BCUT2D eigenvalue weighted by molar-refractivity contribution is 5.77. The molecule has 3 rings (SSSR count). The quantitative estimate of drug-likeness (QED) is 0.797. The highest BCUT2D eigenvalue weighted by atomic mass is 16.5. The Labute approximate surface area is 128 Å². The van der Waals surface area contributed by atoms with E-state index in [1.807, 2.05) is 4.90 Å². The molecule has 0 N–H and O–H groups in total. The second-order valence-corrected chi connectivity index (χ2v) is 7.26. The monoisotopic (exact) mass is 294 g/mol. The molecule has 0 aromatic carbocycles. The topological polar surface area (TPSA) is 32.8 Å². The van der Waals surface area contributed by atoms with Gasteiger partial charge in [-0.2, -0.15) is 0 Å². The summed E-state index contributed by atoms with van der Waals surface area (Å²) in [7, 11) is 0. The Morgan fingerprint density at radius 1 is 1.24 bits per heavy atom. The summed E-state index contributed by atoms with van der Waals surface area (Å²) >= 11 is 0. The molecule has 4 heteroatoms. The van der Waals surface area contributed by atoms with Gasteiger partial charge >= 0.3 is 0 Å². The number of carbonyl (C=O) groups excluding carboxylic acids is 1. The van der Waals surface area contributed by atoms with Crippen molar-refractivity contribution in [3.8, 4) is 0 Å². The number of ether oxygens (including phenoxy) is 1. The summed E-state index contributed by atoms with van der Waals surface area (Å²) in [4.78, 5) is 16.4. The number of carbonyl (C=O) groups is 1. The molecule has 4 nitrogen and oxygen atoms in total. The number of hydrogen-bond acceptors (Lipinski definition) is 3. The third kappa shape index (κ3) is 3.59. The number of amides is 1. The molecule has 3 aliphatic rings. The first-order chi connectivity index (χ1) is 10.2. The van der Waals surface area contributed by atoms with Crippen LogP contribution in [0.2, 0.25) is 0 Å². The van der Waals surface area contributed by atoms with E-state index in [1.54, 1.807) is 0 Å². The van der Waals surface area contributed by atoms with E-state index in [0.29, 0.717) is 18.2 Å². The molecule has 0 bridgehead atoms. The number of piperidine rings is 1. The first-order valence-electron chi connectivity index (χ1n) is 8.85. The fraction of sp³-hybridized carbons (Fsp3) is 0.941. The molecule has 3 fully saturated rings. The second kappa shape index (κ2) is 6.66. The van der Waals surface area contributed by atoms with E-state index in [9.17, 15) is 4.79 Å². The number of nitrogens with zero attached hydrogens (tertiary/aromatic N) is 2. The van der Waals surface area contributed by atoms with Gasteiger partial charge in [0.25, 0.3) is 0 Å². The molecular formula is C17H30N2O2. The maximum Gasteiger partial charge on any atom is 0.222 e. The van der Waals surface area contributed by atoms with Crippen LogP contribution in [0, 0.1) is 5.92 Å². The van der Waals surface area contributed by atoms with Crippen LogP contribution in [-0.2, 0) is 9.53 Å². The molecule has 1 amide bonds. The molecule has 1 atom stereocenters. The lowest BCUT2D eigenvalue weighted by atomic mass is 9.82. The maximum absolute atomic E-state index is 11.8. The van der Waals surface area contributed by atoms with Crippen molar-refractivity contribution >= 4 is 5.91 Å². The molecule has 120 valence electrons. The average Bonchev–Trinajstić information content (AvgIpc) is 2.47. The predicted molar refractivity (Wildman–Crippen MR) is 83.2 cm³/mol. The normalized spacial score (nSPS) is 29.4. The molecule has 3 aliphatic heterocycles. The Morgan fingerprint density at radius 3 is 2.62 bits per heavy atom. The highest BCUT2D eigenvalue weighted by Gasteiger charge is 2.48. The Bertz CT molecular complexity index is 350. The molecule has 0 unspecified atom stereocenters. The van der Waals surface area contributed by atoms with E-state index in [2.05, 4.69) is 11.8 Å². The van der Waals surface area contributed by atoms with E-state index in [-0.39, 0.29) is 5.60 Å². The fourth-order valence-corrected chi connectivity index (χ4v) is 4.02. The molecule has 0 saturated carbocycles. The van der Waals surface area contributed by atoms with Crippen molar-refractivity contribution in [3.05, 3.63) is 0 Å². The Morgan fingerprint density at radius 2 is 2.00 bits per heavy atom. The Kier molecular flexibility index (Phi) is 4.85. The molecular weight excluding hydrogens is 264 g/mol. The van der Waals surface area contributed by atoms with E-state index < -0.39 is 0 Å². The van der Waals surface area contributed by atoms with E-state index in [0.717, 1.165) is 32.5 Å². The van der Waals surface area contributed by atoms with Gasteiger partial charge in [0.15, 0.2) is 0 Å². The SMILES string of the molecule is CCCC(=O)N1CC2(CC[C@H](CN3CCCCC3)CO2)C1.